The highest BCUT2D eigenvalue weighted by Crippen LogP contribution is 2.34. The van der Waals surface area contributed by atoms with Crippen LogP contribution in [0.3, 0.4) is 0 Å². The smallest absolute Gasteiger partial charge is 0.348 e. The largest absolute Gasteiger partial charge is 0.465 e. The van der Waals surface area contributed by atoms with Crippen LogP contribution in [-0.2, 0) is 16.0 Å². The van der Waals surface area contributed by atoms with Gasteiger partial charge in [-0.15, -0.1) is 11.3 Å². The number of hydrogen-bond donors (Lipinski definition) is 1. The lowest BCUT2D eigenvalue weighted by molar-refractivity contribution is -0.148. The van der Waals surface area contributed by atoms with Crippen LogP contribution in [0.4, 0.5) is 8.78 Å². The summed E-state index contributed by atoms with van der Waals surface area (Å²) < 4.78 is 32.9. The number of hydrogen-bond acceptors (Lipinski definition) is 5. The van der Waals surface area contributed by atoms with Crippen molar-refractivity contribution >= 4 is 23.2 Å². The maximum Gasteiger partial charge on any atom is 0.348 e. The van der Waals surface area contributed by atoms with Crippen molar-refractivity contribution in [2.45, 2.75) is 50.2 Å². The Hall–Kier alpha value is -3.02. The van der Waals surface area contributed by atoms with Crippen LogP contribution in [0.25, 0.3) is 0 Å². The molecule has 3 rings (SSSR count). The van der Waals surface area contributed by atoms with E-state index in [0.717, 1.165) is 10.4 Å². The number of aryl methyl sites for hydroxylation is 1. The third-order valence-electron chi connectivity index (χ3n) is 5.44. The van der Waals surface area contributed by atoms with E-state index < -0.39 is 36.4 Å². The van der Waals surface area contributed by atoms with E-state index in [1.54, 1.807) is 12.1 Å². The fourth-order valence-electron chi connectivity index (χ4n) is 3.67. The predicted octanol–water partition coefficient (Wildman–Crippen LogP) is 4.45. The summed E-state index contributed by atoms with van der Waals surface area (Å²) in [6.45, 7) is 0.160. The maximum atomic E-state index is 14.1. The quantitative estimate of drug-likeness (QED) is 0.322. The van der Waals surface area contributed by atoms with Crippen molar-refractivity contribution < 1.29 is 28.2 Å². The fourth-order valence-corrected chi connectivity index (χ4v) is 4.63. The Kier molecular flexibility index (Phi) is 8.97. The monoisotopic (exact) mass is 487 g/mol. The zero-order valence-electron chi connectivity index (χ0n) is 18.9. The van der Waals surface area contributed by atoms with Gasteiger partial charge in [0.25, 0.3) is 5.91 Å². The average Bonchev–Trinajstić information content (AvgIpc) is 3.38. The SMILES string of the molecule is COC(=O)c1ccc(CCCN2C(=O)C(F)(F)C[C@@H]2C=C[C@@H](O)CCC#Cc2ccccc2)s1. The van der Waals surface area contributed by atoms with E-state index >= 15 is 0 Å². The van der Waals surface area contributed by atoms with Gasteiger partial charge in [0.1, 0.15) is 4.88 Å². The summed E-state index contributed by atoms with van der Waals surface area (Å²) in [4.78, 5) is 26.3. The second-order valence-corrected chi connectivity index (χ2v) is 9.16. The molecule has 0 radical (unpaired) electrons. The van der Waals surface area contributed by atoms with Gasteiger partial charge in [-0.05, 0) is 43.5 Å². The van der Waals surface area contributed by atoms with Crippen LogP contribution in [0.5, 0.6) is 0 Å². The van der Waals surface area contributed by atoms with Gasteiger partial charge in [-0.1, -0.05) is 42.2 Å². The summed E-state index contributed by atoms with van der Waals surface area (Å²) in [6, 6.07) is 12.2. The van der Waals surface area contributed by atoms with Gasteiger partial charge in [-0.25, -0.2) is 4.79 Å². The summed E-state index contributed by atoms with van der Waals surface area (Å²) in [5, 5.41) is 10.2. The first-order valence-electron chi connectivity index (χ1n) is 11.1. The van der Waals surface area contributed by atoms with Crippen LogP contribution in [0.15, 0.2) is 54.6 Å². The minimum absolute atomic E-state index is 0.160. The zero-order valence-corrected chi connectivity index (χ0v) is 19.7. The predicted molar refractivity (Wildman–Crippen MR) is 127 cm³/mol. The number of methoxy groups -OCH3 is 1. The van der Waals surface area contributed by atoms with Gasteiger partial charge in [-0.3, -0.25) is 4.79 Å². The number of thiophene rings is 1. The highest BCUT2D eigenvalue weighted by Gasteiger charge is 2.52. The van der Waals surface area contributed by atoms with Crippen molar-refractivity contribution in [1.29, 1.82) is 0 Å². The van der Waals surface area contributed by atoms with Crippen molar-refractivity contribution in [2.75, 3.05) is 13.7 Å². The van der Waals surface area contributed by atoms with Gasteiger partial charge < -0.3 is 14.7 Å². The first-order valence-corrected chi connectivity index (χ1v) is 11.9. The van der Waals surface area contributed by atoms with E-state index in [9.17, 15) is 23.5 Å². The van der Waals surface area contributed by atoms with Crippen molar-refractivity contribution in [3.05, 3.63) is 69.9 Å². The number of esters is 1. The number of rotatable bonds is 9. The highest BCUT2D eigenvalue weighted by atomic mass is 32.1. The lowest BCUT2D eigenvalue weighted by Crippen LogP contribution is -2.36. The summed E-state index contributed by atoms with van der Waals surface area (Å²) >= 11 is 1.29. The molecule has 1 aromatic heterocycles. The number of halogens is 2. The van der Waals surface area contributed by atoms with Crippen LogP contribution in [-0.4, -0.2) is 53.6 Å². The van der Waals surface area contributed by atoms with E-state index in [1.807, 2.05) is 30.3 Å². The van der Waals surface area contributed by atoms with Crippen molar-refractivity contribution in [3.8, 4) is 11.8 Å². The Balaban J connectivity index is 1.51. The van der Waals surface area contributed by atoms with Crippen LogP contribution in [0, 0.1) is 11.8 Å². The van der Waals surface area contributed by atoms with Gasteiger partial charge >= 0.3 is 11.9 Å². The molecule has 1 aromatic carbocycles. The fraction of sp³-hybridized carbons (Fsp3) is 0.385. The minimum atomic E-state index is -3.41. The molecule has 0 spiro atoms. The summed E-state index contributed by atoms with van der Waals surface area (Å²) in [5.41, 5.74) is 0.888. The third-order valence-corrected chi connectivity index (χ3v) is 6.56. The topological polar surface area (TPSA) is 66.8 Å². The number of aliphatic hydroxyl groups is 1. The molecule has 1 aliphatic heterocycles. The Morgan fingerprint density at radius 2 is 2.09 bits per heavy atom. The van der Waals surface area contributed by atoms with Crippen molar-refractivity contribution in [1.82, 2.24) is 4.90 Å². The molecule has 2 aromatic rings. The maximum absolute atomic E-state index is 14.1. The number of likely N-dealkylation sites (tertiary alicyclic amines) is 1. The first kappa shape index (κ1) is 25.6. The molecule has 0 aliphatic carbocycles. The molecule has 34 heavy (non-hydrogen) atoms. The second kappa shape index (κ2) is 11.9. The van der Waals surface area contributed by atoms with Crippen molar-refractivity contribution in [2.24, 2.45) is 0 Å². The second-order valence-electron chi connectivity index (χ2n) is 7.99. The molecule has 1 aliphatic rings. The van der Waals surface area contributed by atoms with Crippen LogP contribution in [0.1, 0.15) is 45.8 Å². The minimum Gasteiger partial charge on any atom is -0.465 e. The van der Waals surface area contributed by atoms with E-state index in [1.165, 1.54) is 35.5 Å². The number of benzene rings is 1. The molecular formula is C26H27F2NO4S. The van der Waals surface area contributed by atoms with Crippen molar-refractivity contribution in [3.63, 3.8) is 0 Å². The molecule has 1 saturated heterocycles. The molecule has 2 heterocycles. The van der Waals surface area contributed by atoms with Gasteiger partial charge in [0.2, 0.25) is 0 Å². The van der Waals surface area contributed by atoms with E-state index in [0.29, 0.717) is 30.6 Å². The Labute approximate surface area is 202 Å². The summed E-state index contributed by atoms with van der Waals surface area (Å²) in [6.07, 6.45) is 3.38. The lowest BCUT2D eigenvalue weighted by Gasteiger charge is -2.21. The van der Waals surface area contributed by atoms with Crippen LogP contribution >= 0.6 is 11.3 Å². The Bertz CT molecular complexity index is 1070. The normalized spacial score (nSPS) is 18.1. The number of amides is 1. The molecule has 0 unspecified atom stereocenters. The number of carbonyl (C=O) groups excluding carboxylic acids is 2. The standard InChI is InChI=1S/C26H27F2NO4S/c1-33-24(31)23-16-15-22(34-23)12-7-17-29-20(18-26(27,28)25(29)32)13-14-21(30)11-6-5-10-19-8-3-2-4-9-19/h2-4,8-9,13-16,20-21,30H,6-7,11-12,17-18H2,1H3/t20-,21-/m0/s1. The number of carbonyl (C=O) groups is 2. The molecule has 2 atom stereocenters. The van der Waals surface area contributed by atoms with Crippen LogP contribution < -0.4 is 0 Å². The highest BCUT2D eigenvalue weighted by molar-refractivity contribution is 7.13. The lowest BCUT2D eigenvalue weighted by atomic mass is 10.1. The zero-order chi connectivity index (χ0) is 24.6. The van der Waals surface area contributed by atoms with Gasteiger partial charge in [0, 0.05) is 29.8 Å². The van der Waals surface area contributed by atoms with Crippen LogP contribution in [0.2, 0.25) is 0 Å². The molecule has 0 saturated carbocycles. The van der Waals surface area contributed by atoms with E-state index in [4.69, 9.17) is 0 Å². The van der Waals surface area contributed by atoms with E-state index in [-0.39, 0.29) is 6.54 Å². The molecular weight excluding hydrogens is 460 g/mol. The van der Waals surface area contributed by atoms with E-state index in [2.05, 4.69) is 16.6 Å². The summed E-state index contributed by atoms with van der Waals surface area (Å²) in [5.74, 6) is 0.976. The molecule has 1 amide bonds. The average molecular weight is 488 g/mol. The Morgan fingerprint density at radius 1 is 1.32 bits per heavy atom. The van der Waals surface area contributed by atoms with Gasteiger partial charge in [-0.2, -0.15) is 8.78 Å². The molecule has 0 bridgehead atoms. The molecule has 5 nitrogen and oxygen atoms in total. The van der Waals surface area contributed by atoms with Gasteiger partial charge in [0.05, 0.1) is 19.3 Å². The summed E-state index contributed by atoms with van der Waals surface area (Å²) in [7, 11) is 1.31. The number of aliphatic hydroxyl groups excluding tert-OH is 1. The number of ether oxygens (including phenoxy) is 1. The first-order chi connectivity index (χ1) is 16.3. The third kappa shape index (κ3) is 6.99. The molecule has 1 N–H and O–H groups in total. The molecule has 8 heteroatoms. The number of alkyl halides is 2. The Morgan fingerprint density at radius 3 is 2.82 bits per heavy atom. The molecule has 180 valence electrons. The number of nitrogens with zero attached hydrogens (tertiary/aromatic N) is 1. The van der Waals surface area contributed by atoms with Gasteiger partial charge in [0.15, 0.2) is 0 Å². The molecule has 1 fully saturated rings.